The van der Waals surface area contributed by atoms with Crippen LogP contribution in [-0.4, -0.2) is 37.2 Å². The molecule has 0 spiro atoms. The first-order valence-corrected chi connectivity index (χ1v) is 31.5. The van der Waals surface area contributed by atoms with Crippen molar-refractivity contribution in [2.75, 3.05) is 13.2 Å². The van der Waals surface area contributed by atoms with Gasteiger partial charge in [0.2, 0.25) is 0 Å². The molecule has 0 aromatic heterocycles. The highest BCUT2D eigenvalue weighted by molar-refractivity contribution is 5.71. The summed E-state index contributed by atoms with van der Waals surface area (Å²) in [6.07, 6.45) is 73.4. The minimum Gasteiger partial charge on any atom is -0.462 e. The Balaban J connectivity index is 3.97. The number of allylic oxidation sites excluding steroid dienone is 6. The third-order valence-electron chi connectivity index (χ3n) is 14.1. The standard InChI is InChI=1S/C65H120O6/c1-4-7-10-13-16-18-20-22-24-26-27-28-29-30-31-32-33-34-35-36-37-38-39-40-42-43-45-47-49-52-55-58-64(67)70-61-62(60-69-63(66)57-54-51-15-12-9-6-3)71-65(68)59-56-53-50-48-46-44-41-25-23-21-19-17-14-11-8-5-2/h20,22,26-27,29-30,62H,4-19,21,23-25,28,31-61H2,1-3H3/b22-20-,27-26-,30-29-. The summed E-state index contributed by atoms with van der Waals surface area (Å²) in [5.74, 6) is -0.856. The molecular formula is C65H120O6. The molecule has 0 aliphatic carbocycles. The van der Waals surface area contributed by atoms with Gasteiger partial charge in [0.15, 0.2) is 6.10 Å². The molecule has 0 amide bonds. The largest absolute Gasteiger partial charge is 0.462 e. The van der Waals surface area contributed by atoms with E-state index in [2.05, 4.69) is 57.2 Å². The molecule has 0 N–H and O–H groups in total. The van der Waals surface area contributed by atoms with E-state index in [4.69, 9.17) is 14.2 Å². The molecule has 0 bridgehead atoms. The van der Waals surface area contributed by atoms with Gasteiger partial charge in [-0.3, -0.25) is 14.4 Å². The van der Waals surface area contributed by atoms with E-state index < -0.39 is 6.10 Å². The Labute approximate surface area is 442 Å². The second kappa shape index (κ2) is 60.2. The third-order valence-corrected chi connectivity index (χ3v) is 14.1. The molecule has 71 heavy (non-hydrogen) atoms. The molecule has 416 valence electrons. The van der Waals surface area contributed by atoms with E-state index in [0.717, 1.165) is 70.6 Å². The number of carbonyl (C=O) groups excluding carboxylic acids is 3. The Morgan fingerprint density at radius 2 is 0.507 bits per heavy atom. The van der Waals surface area contributed by atoms with Crippen LogP contribution in [-0.2, 0) is 28.6 Å². The first-order valence-electron chi connectivity index (χ1n) is 31.5. The molecule has 1 atom stereocenters. The van der Waals surface area contributed by atoms with Crippen LogP contribution < -0.4 is 0 Å². The molecule has 0 aromatic carbocycles. The van der Waals surface area contributed by atoms with Crippen molar-refractivity contribution >= 4 is 17.9 Å². The number of esters is 3. The average molecular weight is 998 g/mol. The van der Waals surface area contributed by atoms with Crippen LogP contribution in [0, 0.1) is 0 Å². The van der Waals surface area contributed by atoms with Gasteiger partial charge in [0.1, 0.15) is 13.2 Å². The summed E-state index contributed by atoms with van der Waals surface area (Å²) in [5, 5.41) is 0. The van der Waals surface area contributed by atoms with Crippen molar-refractivity contribution in [3.63, 3.8) is 0 Å². The number of rotatable bonds is 58. The number of unbranched alkanes of at least 4 members (excludes halogenated alkanes) is 41. The molecule has 0 rings (SSSR count). The van der Waals surface area contributed by atoms with E-state index in [-0.39, 0.29) is 31.1 Å². The smallest absolute Gasteiger partial charge is 0.306 e. The van der Waals surface area contributed by atoms with Crippen molar-refractivity contribution in [3.05, 3.63) is 36.5 Å². The van der Waals surface area contributed by atoms with Gasteiger partial charge in [-0.25, -0.2) is 0 Å². The first-order chi connectivity index (χ1) is 35.0. The summed E-state index contributed by atoms with van der Waals surface area (Å²) in [5.41, 5.74) is 0. The molecule has 0 heterocycles. The molecule has 0 fully saturated rings. The average Bonchev–Trinajstić information content (AvgIpc) is 3.37. The van der Waals surface area contributed by atoms with Gasteiger partial charge < -0.3 is 14.2 Å². The minimum absolute atomic E-state index is 0.0668. The van der Waals surface area contributed by atoms with Crippen molar-refractivity contribution in [2.24, 2.45) is 0 Å². The maximum absolute atomic E-state index is 12.8. The summed E-state index contributed by atoms with van der Waals surface area (Å²) in [4.78, 5) is 37.9. The van der Waals surface area contributed by atoms with Gasteiger partial charge in [-0.2, -0.15) is 0 Å². The summed E-state index contributed by atoms with van der Waals surface area (Å²) >= 11 is 0. The lowest BCUT2D eigenvalue weighted by molar-refractivity contribution is -0.167. The van der Waals surface area contributed by atoms with Gasteiger partial charge >= 0.3 is 17.9 Å². The molecule has 6 nitrogen and oxygen atoms in total. The minimum atomic E-state index is -0.764. The number of carbonyl (C=O) groups is 3. The molecule has 6 heteroatoms. The highest BCUT2D eigenvalue weighted by atomic mass is 16.6. The van der Waals surface area contributed by atoms with E-state index in [0.29, 0.717) is 19.3 Å². The maximum atomic E-state index is 12.8. The second-order valence-electron chi connectivity index (χ2n) is 21.3. The molecule has 0 aliphatic rings. The van der Waals surface area contributed by atoms with Crippen LogP contribution in [0.3, 0.4) is 0 Å². The highest BCUT2D eigenvalue weighted by Crippen LogP contribution is 2.17. The van der Waals surface area contributed by atoms with Crippen molar-refractivity contribution in [1.82, 2.24) is 0 Å². The van der Waals surface area contributed by atoms with Gasteiger partial charge in [0.05, 0.1) is 0 Å². The van der Waals surface area contributed by atoms with Gasteiger partial charge in [-0.05, 0) is 57.8 Å². The molecule has 0 aliphatic heterocycles. The zero-order chi connectivity index (χ0) is 51.4. The van der Waals surface area contributed by atoms with Crippen molar-refractivity contribution in [1.29, 1.82) is 0 Å². The lowest BCUT2D eigenvalue weighted by Gasteiger charge is -2.18. The van der Waals surface area contributed by atoms with Crippen LogP contribution in [0.4, 0.5) is 0 Å². The Bertz CT molecular complexity index is 1190. The van der Waals surface area contributed by atoms with Crippen LogP contribution >= 0.6 is 0 Å². The summed E-state index contributed by atoms with van der Waals surface area (Å²) in [6.45, 7) is 6.62. The fourth-order valence-electron chi connectivity index (χ4n) is 9.39. The third kappa shape index (κ3) is 58.4. The molecule has 0 saturated carbocycles. The zero-order valence-corrected chi connectivity index (χ0v) is 47.8. The number of hydrogen-bond donors (Lipinski definition) is 0. The number of hydrogen-bond acceptors (Lipinski definition) is 6. The van der Waals surface area contributed by atoms with Crippen molar-refractivity contribution in [2.45, 2.75) is 348 Å². The maximum Gasteiger partial charge on any atom is 0.306 e. The highest BCUT2D eigenvalue weighted by Gasteiger charge is 2.19. The number of ether oxygens (including phenoxy) is 3. The van der Waals surface area contributed by atoms with E-state index in [1.165, 1.54) is 231 Å². The van der Waals surface area contributed by atoms with Gasteiger partial charge in [0.25, 0.3) is 0 Å². The van der Waals surface area contributed by atoms with Crippen molar-refractivity contribution < 1.29 is 28.6 Å². The van der Waals surface area contributed by atoms with E-state index in [1.807, 2.05) is 0 Å². The lowest BCUT2D eigenvalue weighted by Crippen LogP contribution is -2.30. The van der Waals surface area contributed by atoms with Gasteiger partial charge in [-0.15, -0.1) is 0 Å². The fraction of sp³-hybridized carbons (Fsp3) is 0.862. The van der Waals surface area contributed by atoms with Crippen LogP contribution in [0.5, 0.6) is 0 Å². The summed E-state index contributed by atoms with van der Waals surface area (Å²) < 4.78 is 16.8. The van der Waals surface area contributed by atoms with Crippen LogP contribution in [0.2, 0.25) is 0 Å². The predicted octanol–water partition coefficient (Wildman–Crippen LogP) is 21.2. The fourth-order valence-corrected chi connectivity index (χ4v) is 9.39. The molecule has 0 aromatic rings. The quantitative estimate of drug-likeness (QED) is 0.0261. The SMILES string of the molecule is CCCCCCC/C=C\C/C=C\C/C=C\CCCCCCCCCCCCCCCCCCC(=O)OCC(COC(=O)CCCCCCCC)OC(=O)CCCCCCCCCCCCCCCCCC. The Morgan fingerprint density at radius 3 is 0.789 bits per heavy atom. The summed E-state index contributed by atoms with van der Waals surface area (Å²) in [7, 11) is 0. The monoisotopic (exact) mass is 997 g/mol. The van der Waals surface area contributed by atoms with Crippen molar-refractivity contribution in [3.8, 4) is 0 Å². The second-order valence-corrected chi connectivity index (χ2v) is 21.3. The van der Waals surface area contributed by atoms with Crippen LogP contribution in [0.15, 0.2) is 36.5 Å². The van der Waals surface area contributed by atoms with Gasteiger partial charge in [0, 0.05) is 19.3 Å². The van der Waals surface area contributed by atoms with E-state index in [1.54, 1.807) is 0 Å². The molecular weight excluding hydrogens is 877 g/mol. The van der Waals surface area contributed by atoms with Crippen LogP contribution in [0.1, 0.15) is 342 Å². The Morgan fingerprint density at radius 1 is 0.282 bits per heavy atom. The lowest BCUT2D eigenvalue weighted by atomic mass is 10.0. The Kier molecular flexibility index (Phi) is 58.2. The summed E-state index contributed by atoms with van der Waals surface area (Å²) in [6, 6.07) is 0. The zero-order valence-electron chi connectivity index (χ0n) is 47.8. The predicted molar refractivity (Wildman–Crippen MR) is 307 cm³/mol. The molecule has 0 saturated heterocycles. The molecule has 1 unspecified atom stereocenters. The van der Waals surface area contributed by atoms with Crippen LogP contribution in [0.25, 0.3) is 0 Å². The van der Waals surface area contributed by atoms with E-state index in [9.17, 15) is 14.4 Å². The Hall–Kier alpha value is -2.37. The molecule has 0 radical (unpaired) electrons. The topological polar surface area (TPSA) is 78.9 Å². The first kappa shape index (κ1) is 68.6. The van der Waals surface area contributed by atoms with E-state index >= 15 is 0 Å². The normalized spacial score (nSPS) is 12.2. The van der Waals surface area contributed by atoms with Gasteiger partial charge in [-0.1, -0.05) is 301 Å².